The van der Waals surface area contributed by atoms with E-state index in [1.807, 2.05) is 24.8 Å². The zero-order valence-electron chi connectivity index (χ0n) is 24.7. The Morgan fingerprint density at radius 1 is 1.12 bits per heavy atom. The summed E-state index contributed by atoms with van der Waals surface area (Å²) in [6.45, 7) is 7.67. The van der Waals surface area contributed by atoms with Crippen molar-refractivity contribution in [2.75, 3.05) is 13.7 Å². The molecule has 2 aromatic carbocycles. The molecule has 226 valence electrons. The second-order valence-corrected chi connectivity index (χ2v) is 11.3. The second kappa shape index (κ2) is 13.5. The first kappa shape index (κ1) is 31.1. The minimum absolute atomic E-state index is 0.104. The van der Waals surface area contributed by atoms with Crippen molar-refractivity contribution in [3.63, 3.8) is 0 Å². The minimum atomic E-state index is -1.19. The van der Waals surface area contributed by atoms with Crippen LogP contribution in [0.25, 0.3) is 11.1 Å². The number of amides is 3. The highest BCUT2D eigenvalue weighted by Crippen LogP contribution is 2.34. The summed E-state index contributed by atoms with van der Waals surface area (Å²) >= 11 is 0. The third kappa shape index (κ3) is 6.64. The van der Waals surface area contributed by atoms with Crippen LogP contribution in [0, 0.1) is 11.8 Å². The number of carbonyl (C=O) groups excluding carboxylic acids is 3. The Labute approximate surface area is 245 Å². The number of imide groups is 3. The molecule has 0 radical (unpaired) electrons. The number of nitrogens with two attached hydrogens (primary N) is 1. The summed E-state index contributed by atoms with van der Waals surface area (Å²) < 4.78 is 16.6. The summed E-state index contributed by atoms with van der Waals surface area (Å²) in [6.07, 6.45) is -1.27. The number of methoxy groups -OCH3 is 1. The third-order valence-electron chi connectivity index (χ3n) is 7.66. The van der Waals surface area contributed by atoms with Crippen LogP contribution in [-0.2, 0) is 20.9 Å². The summed E-state index contributed by atoms with van der Waals surface area (Å²) in [6, 6.07) is 11.6. The van der Waals surface area contributed by atoms with Gasteiger partial charge in [0.15, 0.2) is 5.58 Å². The fourth-order valence-electron chi connectivity index (χ4n) is 5.32. The van der Waals surface area contributed by atoms with E-state index in [9.17, 15) is 19.5 Å². The number of hydrogen-bond donors (Lipinski definition) is 2. The number of benzene rings is 2. The third-order valence-corrected chi connectivity index (χ3v) is 7.66. The zero-order chi connectivity index (χ0) is 30.6. The molecule has 1 aliphatic rings. The molecule has 4 rings (SSSR count). The molecule has 0 aliphatic carbocycles. The summed E-state index contributed by atoms with van der Waals surface area (Å²) in [5.74, 6) is -1.32. The van der Waals surface area contributed by atoms with Crippen molar-refractivity contribution in [2.24, 2.45) is 17.6 Å². The van der Waals surface area contributed by atoms with E-state index in [4.69, 9.17) is 19.6 Å². The number of hydrogen-bond acceptors (Lipinski definition) is 10. The number of aliphatic hydroxyl groups excluding tert-OH is 1. The molecular weight excluding hydrogens is 540 g/mol. The van der Waals surface area contributed by atoms with Crippen LogP contribution >= 0.6 is 0 Å². The predicted molar refractivity (Wildman–Crippen MR) is 155 cm³/mol. The maximum absolute atomic E-state index is 14.0. The van der Waals surface area contributed by atoms with Crippen molar-refractivity contribution in [3.05, 3.63) is 60.0 Å². The first-order chi connectivity index (χ1) is 20.0. The first-order valence-electron chi connectivity index (χ1n) is 14.3. The number of oxazole rings is 1. The van der Waals surface area contributed by atoms with Crippen molar-refractivity contribution in [1.29, 1.82) is 0 Å². The number of likely N-dealkylation sites (tertiary alicyclic amines) is 1. The Balaban J connectivity index is 1.61. The first-order valence-corrected chi connectivity index (χ1v) is 14.3. The number of rotatable bonds is 10. The quantitative estimate of drug-likeness (QED) is 0.360. The lowest BCUT2D eigenvalue weighted by atomic mass is 9.95. The summed E-state index contributed by atoms with van der Waals surface area (Å²) in [7, 11) is 1.55. The lowest BCUT2D eigenvalue weighted by molar-refractivity contribution is -0.148. The van der Waals surface area contributed by atoms with Crippen LogP contribution in [-0.4, -0.2) is 69.6 Å². The Morgan fingerprint density at radius 2 is 1.83 bits per heavy atom. The van der Waals surface area contributed by atoms with Crippen molar-refractivity contribution in [3.8, 4) is 5.75 Å². The molecule has 1 aromatic heterocycles. The molecule has 11 heteroatoms. The molecule has 1 saturated heterocycles. The number of aliphatic hydroxyl groups is 1. The van der Waals surface area contributed by atoms with Gasteiger partial charge in [0.25, 0.3) is 11.8 Å². The van der Waals surface area contributed by atoms with Crippen LogP contribution in [0.1, 0.15) is 58.1 Å². The van der Waals surface area contributed by atoms with Gasteiger partial charge in [0.1, 0.15) is 24.0 Å². The summed E-state index contributed by atoms with van der Waals surface area (Å²) in [5, 5.41) is 11.5. The van der Waals surface area contributed by atoms with E-state index in [2.05, 4.69) is 4.98 Å². The van der Waals surface area contributed by atoms with E-state index in [0.29, 0.717) is 46.7 Å². The van der Waals surface area contributed by atoms with Gasteiger partial charge in [-0.15, -0.1) is 0 Å². The van der Waals surface area contributed by atoms with Crippen molar-refractivity contribution in [1.82, 2.24) is 14.8 Å². The zero-order valence-corrected chi connectivity index (χ0v) is 24.7. The van der Waals surface area contributed by atoms with E-state index < -0.39 is 42.1 Å². The van der Waals surface area contributed by atoms with Crippen LogP contribution in [0.5, 0.6) is 5.75 Å². The van der Waals surface area contributed by atoms with E-state index in [1.165, 1.54) is 0 Å². The Morgan fingerprint density at radius 3 is 2.48 bits per heavy atom. The van der Waals surface area contributed by atoms with E-state index in [-0.39, 0.29) is 24.3 Å². The van der Waals surface area contributed by atoms with Gasteiger partial charge in [-0.05, 0) is 48.9 Å². The number of ether oxygens (including phenoxy) is 2. The molecule has 42 heavy (non-hydrogen) atoms. The number of nitrogens with zero attached hydrogens (tertiary/aromatic N) is 3. The lowest BCUT2D eigenvalue weighted by Gasteiger charge is -2.38. The molecule has 3 aromatic rings. The molecule has 1 fully saturated rings. The van der Waals surface area contributed by atoms with Crippen LogP contribution in [0.3, 0.4) is 0 Å². The van der Waals surface area contributed by atoms with E-state index in [1.54, 1.807) is 63.4 Å². The fraction of sp³-hybridized carbons (Fsp3) is 0.484. The maximum Gasteiger partial charge on any atom is 0.423 e. The summed E-state index contributed by atoms with van der Waals surface area (Å²) in [4.78, 5) is 47.6. The highest BCUT2D eigenvalue weighted by molar-refractivity contribution is 6.12. The Kier molecular flexibility index (Phi) is 9.97. The fourth-order valence-corrected chi connectivity index (χ4v) is 5.32. The molecule has 1 unspecified atom stereocenters. The van der Waals surface area contributed by atoms with Gasteiger partial charge in [-0.2, -0.15) is 4.90 Å². The SMILES string of the molecule is COc1ccc2oc(C(O)[C@H](C(C)C)N3CCC[C@H]3C(=O)N(C(=O)OCc3ccccc3)C(=O)[C@@H](N)C(C)C)nc2c1. The standard InChI is InChI=1S/C31H40N4O7/c1-18(2)25(32)30(38)35(31(39)41-17-20-10-7-6-8-11-20)29(37)23-12-9-15-34(23)26(19(3)4)27(36)28-33-22-16-21(40-5)13-14-24(22)42-28/h6-8,10-11,13-14,16,18-19,23,25-27,36H,9,12,15,17,32H2,1-5H3/t23-,25-,26-,27?/m0/s1. The van der Waals surface area contributed by atoms with Crippen LogP contribution < -0.4 is 10.5 Å². The normalized spacial score (nSPS) is 17.8. The molecule has 0 bridgehead atoms. The average molecular weight is 581 g/mol. The second-order valence-electron chi connectivity index (χ2n) is 11.3. The van der Waals surface area contributed by atoms with E-state index >= 15 is 0 Å². The number of carbonyl (C=O) groups is 3. The van der Waals surface area contributed by atoms with Gasteiger partial charge < -0.3 is 24.7 Å². The van der Waals surface area contributed by atoms with Gasteiger partial charge in [0.05, 0.1) is 19.2 Å². The van der Waals surface area contributed by atoms with Crippen molar-refractivity contribution in [2.45, 2.75) is 71.4 Å². The van der Waals surface area contributed by atoms with Gasteiger partial charge in [-0.25, -0.2) is 9.78 Å². The molecule has 3 N–H and O–H groups in total. The maximum atomic E-state index is 14.0. The molecule has 11 nitrogen and oxygen atoms in total. The monoisotopic (exact) mass is 580 g/mol. The van der Waals surface area contributed by atoms with Crippen molar-refractivity contribution >= 4 is 29.0 Å². The Bertz CT molecular complexity index is 1390. The topological polar surface area (TPSA) is 148 Å². The molecule has 1 aliphatic heterocycles. The van der Waals surface area contributed by atoms with Gasteiger partial charge in [0, 0.05) is 12.1 Å². The van der Waals surface area contributed by atoms with Crippen LogP contribution in [0.4, 0.5) is 4.79 Å². The highest BCUT2D eigenvalue weighted by Gasteiger charge is 2.46. The molecule has 3 amide bonds. The predicted octanol–water partition coefficient (Wildman–Crippen LogP) is 4.03. The van der Waals surface area contributed by atoms with Crippen LogP contribution in [0.15, 0.2) is 52.9 Å². The van der Waals surface area contributed by atoms with Gasteiger partial charge >= 0.3 is 6.09 Å². The lowest BCUT2D eigenvalue weighted by Crippen LogP contribution is -2.58. The highest BCUT2D eigenvalue weighted by atomic mass is 16.6. The average Bonchev–Trinajstić information content (AvgIpc) is 3.63. The molecular formula is C31H40N4O7. The number of fused-ring (bicyclic) bond motifs is 1. The summed E-state index contributed by atoms with van der Waals surface area (Å²) in [5.41, 5.74) is 7.86. The Hall–Kier alpha value is -3.80. The molecule has 2 heterocycles. The molecule has 0 saturated carbocycles. The van der Waals surface area contributed by atoms with Gasteiger partial charge in [-0.3, -0.25) is 14.5 Å². The van der Waals surface area contributed by atoms with Crippen molar-refractivity contribution < 1.29 is 33.4 Å². The molecule has 0 spiro atoms. The van der Waals surface area contributed by atoms with Gasteiger partial charge in [-0.1, -0.05) is 58.0 Å². The van der Waals surface area contributed by atoms with E-state index in [0.717, 1.165) is 0 Å². The largest absolute Gasteiger partial charge is 0.497 e. The number of aromatic nitrogens is 1. The smallest absolute Gasteiger partial charge is 0.423 e. The molecule has 4 atom stereocenters. The minimum Gasteiger partial charge on any atom is -0.497 e. The van der Waals surface area contributed by atoms with Crippen LogP contribution in [0.2, 0.25) is 0 Å². The van der Waals surface area contributed by atoms with Gasteiger partial charge in [0.2, 0.25) is 5.89 Å².